The van der Waals surface area contributed by atoms with Gasteiger partial charge in [0.05, 0.1) is 18.2 Å². The first kappa shape index (κ1) is 7.61. The molecular weight excluding hydrogens is 150 g/mol. The third-order valence-electron chi connectivity index (χ3n) is 1.16. The molecule has 0 fully saturated rings. The summed E-state index contributed by atoms with van der Waals surface area (Å²) in [5.41, 5.74) is -0.146. The Hall–Kier alpha value is -1.50. The molecule has 11 heavy (non-hydrogen) atoms. The van der Waals surface area contributed by atoms with Gasteiger partial charge in [-0.3, -0.25) is 4.98 Å². The Morgan fingerprint density at radius 1 is 1.55 bits per heavy atom. The van der Waals surface area contributed by atoms with Crippen LogP contribution in [0, 0.1) is 23.0 Å². The van der Waals surface area contributed by atoms with Crippen molar-refractivity contribution in [3.05, 3.63) is 29.6 Å². The van der Waals surface area contributed by atoms with Crippen LogP contribution in [0.5, 0.6) is 0 Å². The summed E-state index contributed by atoms with van der Waals surface area (Å²) in [7, 11) is 0. The molecule has 0 aliphatic rings. The molecule has 0 aliphatic carbocycles. The maximum absolute atomic E-state index is 12.6. The molecule has 0 saturated heterocycles. The van der Waals surface area contributed by atoms with Crippen molar-refractivity contribution in [2.75, 3.05) is 0 Å². The Balaban J connectivity index is 3.08. The van der Waals surface area contributed by atoms with Crippen molar-refractivity contribution >= 4 is 0 Å². The third kappa shape index (κ3) is 1.49. The minimum atomic E-state index is -1.03. The summed E-state index contributed by atoms with van der Waals surface area (Å²) in [4.78, 5) is 3.49. The third-order valence-corrected chi connectivity index (χ3v) is 1.16. The fourth-order valence-corrected chi connectivity index (χ4v) is 0.658. The van der Waals surface area contributed by atoms with Gasteiger partial charge in [0.25, 0.3) is 0 Å². The molecule has 0 amide bonds. The molecule has 0 spiro atoms. The van der Waals surface area contributed by atoms with Crippen molar-refractivity contribution in [2.45, 2.75) is 6.42 Å². The van der Waals surface area contributed by atoms with Crippen molar-refractivity contribution in [3.8, 4) is 6.07 Å². The quantitative estimate of drug-likeness (QED) is 0.613. The van der Waals surface area contributed by atoms with Crippen LogP contribution in [0.1, 0.15) is 5.69 Å². The highest BCUT2D eigenvalue weighted by molar-refractivity contribution is 5.12. The predicted molar refractivity (Wildman–Crippen MR) is 33.5 cm³/mol. The van der Waals surface area contributed by atoms with Crippen molar-refractivity contribution in [1.82, 2.24) is 4.98 Å². The molecule has 2 nitrogen and oxygen atoms in total. The zero-order chi connectivity index (χ0) is 8.27. The summed E-state index contributed by atoms with van der Waals surface area (Å²) in [6.45, 7) is 0. The molecule has 0 aromatic carbocycles. The van der Waals surface area contributed by atoms with Gasteiger partial charge < -0.3 is 0 Å². The lowest BCUT2D eigenvalue weighted by molar-refractivity contribution is 0.494. The number of hydrogen-bond acceptors (Lipinski definition) is 2. The molecule has 0 N–H and O–H groups in total. The topological polar surface area (TPSA) is 36.7 Å². The first-order chi connectivity index (χ1) is 5.25. The molecule has 0 unspecified atom stereocenters. The highest BCUT2D eigenvalue weighted by Crippen LogP contribution is 2.07. The van der Waals surface area contributed by atoms with Crippen LogP contribution >= 0.6 is 0 Å². The Morgan fingerprint density at radius 2 is 2.27 bits per heavy atom. The molecule has 1 heterocycles. The van der Waals surface area contributed by atoms with E-state index in [2.05, 4.69) is 4.98 Å². The number of nitriles is 1. The van der Waals surface area contributed by atoms with Crippen LogP contribution in [-0.4, -0.2) is 4.98 Å². The summed E-state index contributed by atoms with van der Waals surface area (Å²) in [5, 5.41) is 8.16. The van der Waals surface area contributed by atoms with Gasteiger partial charge in [0, 0.05) is 6.20 Å². The van der Waals surface area contributed by atoms with Gasteiger partial charge in [-0.2, -0.15) is 5.26 Å². The molecule has 0 atom stereocenters. The number of aromatic nitrogens is 1. The van der Waals surface area contributed by atoms with Gasteiger partial charge in [-0.05, 0) is 6.07 Å². The van der Waals surface area contributed by atoms with Crippen LogP contribution in [0.25, 0.3) is 0 Å². The maximum atomic E-state index is 12.6. The van der Waals surface area contributed by atoms with Crippen molar-refractivity contribution in [2.24, 2.45) is 0 Å². The number of pyridine rings is 1. The summed E-state index contributed by atoms with van der Waals surface area (Å²) >= 11 is 0. The van der Waals surface area contributed by atoms with Crippen LogP contribution < -0.4 is 0 Å². The zero-order valence-electron chi connectivity index (χ0n) is 5.51. The van der Waals surface area contributed by atoms with E-state index < -0.39 is 11.6 Å². The average molecular weight is 154 g/mol. The first-order valence-electron chi connectivity index (χ1n) is 2.91. The van der Waals surface area contributed by atoms with Crippen LogP contribution in [0.4, 0.5) is 8.78 Å². The number of hydrogen-bond donors (Lipinski definition) is 0. The Morgan fingerprint density at radius 3 is 2.91 bits per heavy atom. The second-order valence-electron chi connectivity index (χ2n) is 1.89. The van der Waals surface area contributed by atoms with E-state index in [1.807, 2.05) is 0 Å². The smallest absolute Gasteiger partial charge is 0.181 e. The minimum Gasteiger partial charge on any atom is -0.257 e. The Labute approximate surface area is 62.1 Å². The van der Waals surface area contributed by atoms with Gasteiger partial charge in [-0.25, -0.2) is 8.78 Å². The van der Waals surface area contributed by atoms with E-state index in [9.17, 15) is 8.78 Å². The molecule has 0 radical (unpaired) electrons. The van der Waals surface area contributed by atoms with E-state index in [-0.39, 0.29) is 12.1 Å². The van der Waals surface area contributed by atoms with Gasteiger partial charge in [0.2, 0.25) is 0 Å². The van der Waals surface area contributed by atoms with Crippen molar-refractivity contribution in [1.29, 1.82) is 5.26 Å². The molecule has 0 saturated carbocycles. The molecule has 0 aliphatic heterocycles. The fraction of sp³-hybridized carbons (Fsp3) is 0.143. The lowest BCUT2D eigenvalue weighted by atomic mass is 10.3. The van der Waals surface area contributed by atoms with E-state index >= 15 is 0 Å². The maximum Gasteiger partial charge on any atom is 0.181 e. The van der Waals surface area contributed by atoms with Crippen molar-refractivity contribution < 1.29 is 8.78 Å². The Bertz CT molecular complexity index is 304. The first-order valence-corrected chi connectivity index (χ1v) is 2.91. The molecule has 0 bridgehead atoms. The molecular formula is C7H4F2N2. The van der Waals surface area contributed by atoms with Crippen LogP contribution in [-0.2, 0) is 6.42 Å². The summed E-state index contributed by atoms with van der Waals surface area (Å²) in [5.74, 6) is -2.00. The average Bonchev–Trinajstić information content (AvgIpc) is 1.99. The molecule has 1 aromatic heterocycles. The predicted octanol–water partition coefficient (Wildman–Crippen LogP) is 1.43. The number of halogens is 2. The monoisotopic (exact) mass is 154 g/mol. The lowest BCUT2D eigenvalue weighted by Gasteiger charge is -1.95. The van der Waals surface area contributed by atoms with Gasteiger partial charge in [-0.15, -0.1) is 0 Å². The van der Waals surface area contributed by atoms with Crippen molar-refractivity contribution in [3.63, 3.8) is 0 Å². The molecule has 1 rings (SSSR count). The van der Waals surface area contributed by atoms with E-state index in [1.165, 1.54) is 0 Å². The fourth-order valence-electron chi connectivity index (χ4n) is 0.658. The second-order valence-corrected chi connectivity index (χ2v) is 1.89. The summed E-state index contributed by atoms with van der Waals surface area (Å²) < 4.78 is 25.0. The largest absolute Gasteiger partial charge is 0.257 e. The van der Waals surface area contributed by atoms with E-state index in [1.54, 1.807) is 6.07 Å². The summed E-state index contributed by atoms with van der Waals surface area (Å²) in [6, 6.07) is 2.60. The van der Waals surface area contributed by atoms with Gasteiger partial charge in [0.15, 0.2) is 11.6 Å². The van der Waals surface area contributed by atoms with Gasteiger partial charge >= 0.3 is 0 Å². The van der Waals surface area contributed by atoms with Gasteiger partial charge in [-0.1, -0.05) is 0 Å². The second kappa shape index (κ2) is 3.06. The molecule has 56 valence electrons. The highest BCUT2D eigenvalue weighted by atomic mass is 19.2. The van der Waals surface area contributed by atoms with E-state index in [0.29, 0.717) is 0 Å². The zero-order valence-corrected chi connectivity index (χ0v) is 5.51. The van der Waals surface area contributed by atoms with Crippen LogP contribution in [0.2, 0.25) is 0 Å². The minimum absolute atomic E-state index is 0.146. The SMILES string of the molecule is N#CCc1nccc(F)c1F. The lowest BCUT2D eigenvalue weighted by Crippen LogP contribution is -1.96. The Kier molecular flexibility index (Phi) is 2.12. The highest BCUT2D eigenvalue weighted by Gasteiger charge is 2.07. The normalized spacial score (nSPS) is 9.18. The molecule has 4 heteroatoms. The standard InChI is InChI=1S/C7H4F2N2/c8-5-2-4-11-6(1-3-10)7(5)9/h2,4H,1H2. The summed E-state index contributed by atoms with van der Waals surface area (Å²) in [6.07, 6.45) is 0.925. The van der Waals surface area contributed by atoms with Crippen LogP contribution in [0.15, 0.2) is 12.3 Å². The van der Waals surface area contributed by atoms with E-state index in [0.717, 1.165) is 12.3 Å². The van der Waals surface area contributed by atoms with Gasteiger partial charge in [0.1, 0.15) is 0 Å². The molecule has 1 aromatic rings. The van der Waals surface area contributed by atoms with Crippen LogP contribution in [0.3, 0.4) is 0 Å². The number of nitrogens with zero attached hydrogens (tertiary/aromatic N) is 2. The van der Waals surface area contributed by atoms with E-state index in [4.69, 9.17) is 5.26 Å². The number of rotatable bonds is 1.